The first-order valence-electron chi connectivity index (χ1n) is 15.1. The molecule has 4 bridgehead atoms. The van der Waals surface area contributed by atoms with Crippen LogP contribution >= 0.6 is 0 Å². The molecular formula is C31H42N4O3. The number of hydrogen-bond acceptors (Lipinski definition) is 6. The zero-order valence-electron chi connectivity index (χ0n) is 22.9. The van der Waals surface area contributed by atoms with Gasteiger partial charge in [0.05, 0.1) is 30.3 Å². The zero-order chi connectivity index (χ0) is 26.0. The highest BCUT2D eigenvalue weighted by molar-refractivity contribution is 5.87. The maximum atomic E-state index is 14.1. The topological polar surface area (TPSA) is 67.7 Å². The number of ether oxygens (including phenoxy) is 1. The van der Waals surface area contributed by atoms with Gasteiger partial charge in [0, 0.05) is 30.7 Å². The smallest absolute Gasteiger partial charge is 0.294 e. The average molecular weight is 519 g/mol. The molecule has 1 aromatic carbocycles. The summed E-state index contributed by atoms with van der Waals surface area (Å²) in [5.41, 5.74) is 1.71. The summed E-state index contributed by atoms with van der Waals surface area (Å²) >= 11 is 0. The Morgan fingerprint density at radius 3 is 2.29 bits per heavy atom. The van der Waals surface area contributed by atoms with E-state index in [1.807, 2.05) is 33.7 Å². The van der Waals surface area contributed by atoms with Crippen LogP contribution < -0.4 is 10.5 Å². The number of rotatable bonds is 5. The first kappa shape index (κ1) is 24.8. The van der Waals surface area contributed by atoms with Gasteiger partial charge in [-0.1, -0.05) is 25.5 Å². The van der Waals surface area contributed by atoms with E-state index < -0.39 is 0 Å². The molecule has 2 aliphatic carbocycles. The molecule has 5 fully saturated rings. The van der Waals surface area contributed by atoms with Crippen molar-refractivity contribution in [2.45, 2.75) is 102 Å². The lowest BCUT2D eigenvalue weighted by atomic mass is 9.65. The van der Waals surface area contributed by atoms with E-state index in [9.17, 15) is 9.59 Å². The molecule has 7 nitrogen and oxygen atoms in total. The predicted octanol–water partition coefficient (Wildman–Crippen LogP) is 4.57. The molecule has 0 N–H and O–H groups in total. The van der Waals surface area contributed by atoms with Crippen LogP contribution in [-0.2, 0) is 9.53 Å². The molecule has 8 atom stereocenters. The third-order valence-corrected chi connectivity index (χ3v) is 10.7. The highest BCUT2D eigenvalue weighted by atomic mass is 16.5. The van der Waals surface area contributed by atoms with Crippen LogP contribution in [0.25, 0.3) is 11.0 Å². The monoisotopic (exact) mass is 518 g/mol. The molecule has 7 heteroatoms. The number of nitrogens with zero attached hydrogens (tertiary/aromatic N) is 4. The molecule has 0 spiro atoms. The molecule has 0 amide bonds. The van der Waals surface area contributed by atoms with Crippen molar-refractivity contribution in [3.8, 4) is 0 Å². The molecule has 2 saturated carbocycles. The van der Waals surface area contributed by atoms with Gasteiger partial charge in [0.15, 0.2) is 11.6 Å². The molecule has 1 aromatic heterocycles. The van der Waals surface area contributed by atoms with Crippen LogP contribution in [0.1, 0.15) is 77.7 Å². The highest BCUT2D eigenvalue weighted by Gasteiger charge is 2.47. The summed E-state index contributed by atoms with van der Waals surface area (Å²) in [6.45, 7) is 6.23. The Hall–Kier alpha value is -2.25. The second-order valence-corrected chi connectivity index (χ2v) is 13.0. The summed E-state index contributed by atoms with van der Waals surface area (Å²) in [6, 6.07) is 9.30. The lowest BCUT2D eigenvalue weighted by Crippen LogP contribution is -2.62. The van der Waals surface area contributed by atoms with Gasteiger partial charge in [-0.3, -0.25) is 14.5 Å². The Bertz CT molecular complexity index is 1250. The minimum atomic E-state index is -0.225. The molecule has 7 rings (SSSR count). The first-order valence-corrected chi connectivity index (χ1v) is 15.1. The highest BCUT2D eigenvalue weighted by Crippen LogP contribution is 2.47. The summed E-state index contributed by atoms with van der Waals surface area (Å²) in [6.07, 6.45) is 11.0. The number of carbonyl (C=O) groups excluding carboxylic acids is 1. The number of fused-ring (bicyclic) bond motifs is 5. The molecule has 204 valence electrons. The van der Waals surface area contributed by atoms with E-state index in [-0.39, 0.29) is 23.4 Å². The fraction of sp³-hybridized carbons (Fsp3) is 0.710. The van der Waals surface area contributed by atoms with Crippen LogP contribution in [-0.4, -0.2) is 64.2 Å². The minimum Gasteiger partial charge on any atom is -0.378 e. The fourth-order valence-electron chi connectivity index (χ4n) is 9.01. The van der Waals surface area contributed by atoms with Crippen molar-refractivity contribution < 1.29 is 9.53 Å². The fourth-order valence-corrected chi connectivity index (χ4v) is 9.01. The van der Waals surface area contributed by atoms with Gasteiger partial charge in [-0.15, -0.1) is 0 Å². The number of anilines is 1. The summed E-state index contributed by atoms with van der Waals surface area (Å²) in [5.74, 6) is 3.27. The van der Waals surface area contributed by atoms with Crippen molar-refractivity contribution in [1.29, 1.82) is 0 Å². The van der Waals surface area contributed by atoms with Crippen LogP contribution in [0.2, 0.25) is 0 Å². The van der Waals surface area contributed by atoms with Crippen LogP contribution in [0.3, 0.4) is 0 Å². The second kappa shape index (κ2) is 9.74. The van der Waals surface area contributed by atoms with Crippen molar-refractivity contribution in [1.82, 2.24) is 14.5 Å². The second-order valence-electron chi connectivity index (χ2n) is 13.0. The summed E-state index contributed by atoms with van der Waals surface area (Å²) in [5, 5.41) is 0. The summed E-state index contributed by atoms with van der Waals surface area (Å²) < 4.78 is 8.17. The maximum absolute atomic E-state index is 14.1. The van der Waals surface area contributed by atoms with E-state index in [4.69, 9.17) is 9.72 Å². The van der Waals surface area contributed by atoms with Gasteiger partial charge >= 0.3 is 0 Å². The number of aromatic nitrogens is 2. The van der Waals surface area contributed by atoms with Gasteiger partial charge < -0.3 is 14.2 Å². The van der Waals surface area contributed by atoms with Crippen molar-refractivity contribution in [3.63, 3.8) is 0 Å². The van der Waals surface area contributed by atoms with E-state index in [1.165, 1.54) is 38.5 Å². The summed E-state index contributed by atoms with van der Waals surface area (Å²) in [4.78, 5) is 35.9. The first-order chi connectivity index (χ1) is 18.5. The number of carbonyl (C=O) groups is 1. The normalized spacial score (nSPS) is 37.2. The largest absolute Gasteiger partial charge is 0.378 e. The standard InChI is InChI=1S/C31H42N4O3/c1-3-20-10-21-12-22(11-20)14-23(13-21)34-25-15-24(16-26(34)18-38-17-25)35-29-7-5-4-6-27(29)32-30(31(35)37)33-9-8-28(33)19(2)36/h4-7,20-26,28H,3,8-18H2,1-2H3/t20-,21-,22+,23+,24-,25-,26+,28-/m0/s1. The lowest BCUT2D eigenvalue weighted by molar-refractivity contribution is -0.120. The van der Waals surface area contributed by atoms with Gasteiger partial charge in [-0.25, -0.2) is 4.98 Å². The van der Waals surface area contributed by atoms with Gasteiger partial charge in [0.25, 0.3) is 5.56 Å². The van der Waals surface area contributed by atoms with E-state index in [2.05, 4.69) is 11.8 Å². The number of ketones is 1. The molecule has 3 saturated heterocycles. The quantitative estimate of drug-likeness (QED) is 0.578. The van der Waals surface area contributed by atoms with E-state index in [1.54, 1.807) is 6.92 Å². The van der Waals surface area contributed by atoms with Gasteiger partial charge in [0.1, 0.15) is 0 Å². The lowest BCUT2D eigenvalue weighted by Gasteiger charge is -2.55. The van der Waals surface area contributed by atoms with Crippen molar-refractivity contribution >= 4 is 22.6 Å². The van der Waals surface area contributed by atoms with E-state index >= 15 is 0 Å². The van der Waals surface area contributed by atoms with Crippen molar-refractivity contribution in [3.05, 3.63) is 34.6 Å². The number of benzene rings is 1. The number of hydrogen-bond donors (Lipinski definition) is 0. The minimum absolute atomic E-state index is 0.0371. The predicted molar refractivity (Wildman–Crippen MR) is 149 cm³/mol. The molecule has 0 unspecified atom stereocenters. The maximum Gasteiger partial charge on any atom is 0.294 e. The third kappa shape index (κ3) is 4.12. The molecule has 2 aromatic rings. The molecule has 3 aliphatic heterocycles. The SMILES string of the molecule is CC[C@@H]1C[C@@H]2C[C@H](C1)C[C@@H](N1[C@@H]3COC[C@H]1C[C@@H](n1c(=O)c(N4CC[C@H]4C(C)=O)nc4ccccc41)C3)C2. The van der Waals surface area contributed by atoms with Crippen LogP contribution in [0.5, 0.6) is 0 Å². The molecule has 0 radical (unpaired) electrons. The Labute approximate surface area is 225 Å². The van der Waals surface area contributed by atoms with E-state index in [0.29, 0.717) is 30.5 Å². The van der Waals surface area contributed by atoms with Crippen molar-refractivity contribution in [2.75, 3.05) is 24.7 Å². The summed E-state index contributed by atoms with van der Waals surface area (Å²) in [7, 11) is 0. The Balaban J connectivity index is 1.20. The van der Waals surface area contributed by atoms with Crippen LogP contribution in [0.4, 0.5) is 5.82 Å². The molecule has 5 aliphatic rings. The van der Waals surface area contributed by atoms with Gasteiger partial charge in [0.2, 0.25) is 0 Å². The average Bonchev–Trinajstić information content (AvgIpc) is 2.87. The zero-order valence-corrected chi connectivity index (χ0v) is 22.9. The Morgan fingerprint density at radius 1 is 0.947 bits per heavy atom. The van der Waals surface area contributed by atoms with E-state index in [0.717, 1.165) is 61.3 Å². The Kier molecular flexibility index (Phi) is 6.35. The van der Waals surface area contributed by atoms with Crippen LogP contribution in [0.15, 0.2) is 29.1 Å². The van der Waals surface area contributed by atoms with Crippen LogP contribution in [0, 0.1) is 17.8 Å². The number of morpholine rings is 1. The Morgan fingerprint density at radius 2 is 1.66 bits per heavy atom. The molecule has 4 heterocycles. The molecule has 38 heavy (non-hydrogen) atoms. The van der Waals surface area contributed by atoms with Crippen molar-refractivity contribution in [2.24, 2.45) is 17.8 Å². The number of Topliss-reactive ketones (excluding diaryl/α,β-unsaturated/α-hetero) is 1. The number of para-hydroxylation sites is 2. The van der Waals surface area contributed by atoms with Gasteiger partial charge in [-0.05, 0) is 88.2 Å². The van der Waals surface area contributed by atoms with Gasteiger partial charge in [-0.2, -0.15) is 0 Å². The third-order valence-electron chi connectivity index (χ3n) is 10.7. The molecular weight excluding hydrogens is 476 g/mol. The number of piperidine rings is 1.